The average molecular weight is 319 g/mol. The van der Waals surface area contributed by atoms with Crippen LogP contribution >= 0.6 is 0 Å². The fourth-order valence-electron chi connectivity index (χ4n) is 4.05. The maximum Gasteiger partial charge on any atom is 0.146 e. The first-order valence-corrected chi connectivity index (χ1v) is 8.94. The molecular formula is C19H30FN3. The number of anilines is 1. The van der Waals surface area contributed by atoms with Crippen LogP contribution in [-0.4, -0.2) is 56.6 Å². The Morgan fingerprint density at radius 1 is 1.22 bits per heavy atom. The van der Waals surface area contributed by atoms with Crippen molar-refractivity contribution in [2.75, 3.05) is 51.7 Å². The third-order valence-electron chi connectivity index (χ3n) is 5.35. The van der Waals surface area contributed by atoms with Crippen LogP contribution in [0.2, 0.25) is 0 Å². The zero-order chi connectivity index (χ0) is 16.4. The number of likely N-dealkylation sites (tertiary alicyclic amines) is 1. The smallest absolute Gasteiger partial charge is 0.146 e. The van der Waals surface area contributed by atoms with E-state index in [1.54, 1.807) is 6.07 Å². The lowest BCUT2D eigenvalue weighted by atomic mass is 10.0. The van der Waals surface area contributed by atoms with Gasteiger partial charge in [-0.3, -0.25) is 0 Å². The van der Waals surface area contributed by atoms with Crippen molar-refractivity contribution in [3.05, 3.63) is 29.1 Å². The number of rotatable bonds is 5. The van der Waals surface area contributed by atoms with Gasteiger partial charge in [-0.1, -0.05) is 0 Å². The van der Waals surface area contributed by atoms with Crippen LogP contribution in [0.5, 0.6) is 0 Å². The van der Waals surface area contributed by atoms with Gasteiger partial charge in [0.05, 0.1) is 5.69 Å². The Morgan fingerprint density at radius 2 is 1.96 bits per heavy atom. The van der Waals surface area contributed by atoms with E-state index in [0.717, 1.165) is 43.3 Å². The van der Waals surface area contributed by atoms with Crippen LogP contribution in [0.3, 0.4) is 0 Å². The first-order valence-electron chi connectivity index (χ1n) is 8.94. The highest BCUT2D eigenvalue weighted by Crippen LogP contribution is 2.27. The van der Waals surface area contributed by atoms with E-state index in [0.29, 0.717) is 0 Å². The Hall–Kier alpha value is -1.13. The van der Waals surface area contributed by atoms with Crippen LogP contribution < -0.4 is 4.90 Å². The first-order chi connectivity index (χ1) is 11.0. The number of nitrogens with zero attached hydrogens (tertiary/aromatic N) is 3. The minimum atomic E-state index is -0.0542. The topological polar surface area (TPSA) is 9.72 Å². The number of hydrogen-bond donors (Lipinski definition) is 0. The molecule has 0 spiro atoms. The third-order valence-corrected chi connectivity index (χ3v) is 5.35. The van der Waals surface area contributed by atoms with Crippen molar-refractivity contribution >= 4 is 5.69 Å². The largest absolute Gasteiger partial charge is 0.369 e. The van der Waals surface area contributed by atoms with E-state index in [2.05, 4.69) is 35.7 Å². The normalized spacial score (nSPS) is 22.5. The molecule has 0 bridgehead atoms. The minimum Gasteiger partial charge on any atom is -0.369 e. The Bertz CT molecular complexity index is 540. The number of halogens is 1. The molecule has 23 heavy (non-hydrogen) atoms. The van der Waals surface area contributed by atoms with Gasteiger partial charge in [-0.15, -0.1) is 0 Å². The van der Waals surface area contributed by atoms with Gasteiger partial charge in [0.1, 0.15) is 5.82 Å². The van der Waals surface area contributed by atoms with E-state index in [-0.39, 0.29) is 5.82 Å². The molecule has 0 saturated carbocycles. The monoisotopic (exact) mass is 319 g/mol. The quantitative estimate of drug-likeness (QED) is 0.826. The summed E-state index contributed by atoms with van der Waals surface area (Å²) >= 11 is 0. The SMILES string of the molecule is Cc1cc(N2CCCC2)c(F)cc1CN(C)CC1CCN(C)C1. The molecule has 2 saturated heterocycles. The summed E-state index contributed by atoms with van der Waals surface area (Å²) in [5, 5.41) is 0. The van der Waals surface area contributed by atoms with Crippen molar-refractivity contribution in [2.45, 2.75) is 32.7 Å². The summed E-state index contributed by atoms with van der Waals surface area (Å²) < 4.78 is 14.5. The molecule has 2 fully saturated rings. The highest BCUT2D eigenvalue weighted by molar-refractivity contribution is 5.52. The summed E-state index contributed by atoms with van der Waals surface area (Å²) in [5.41, 5.74) is 3.13. The van der Waals surface area contributed by atoms with Crippen LogP contribution in [0, 0.1) is 18.7 Å². The lowest BCUT2D eigenvalue weighted by Gasteiger charge is -2.24. The number of aryl methyl sites for hydroxylation is 1. The molecule has 1 aromatic carbocycles. The molecule has 128 valence electrons. The third kappa shape index (κ3) is 4.04. The van der Waals surface area contributed by atoms with Crippen LogP contribution in [0.4, 0.5) is 10.1 Å². The first kappa shape index (κ1) is 16.7. The fraction of sp³-hybridized carbons (Fsp3) is 0.684. The highest BCUT2D eigenvalue weighted by atomic mass is 19.1. The number of benzene rings is 1. The van der Waals surface area contributed by atoms with Gasteiger partial charge in [0.25, 0.3) is 0 Å². The Labute approximate surface area is 140 Å². The lowest BCUT2D eigenvalue weighted by Crippen LogP contribution is -2.27. The summed E-state index contributed by atoms with van der Waals surface area (Å²) in [6.45, 7) is 8.42. The Balaban J connectivity index is 1.64. The van der Waals surface area contributed by atoms with E-state index >= 15 is 0 Å². The minimum absolute atomic E-state index is 0.0542. The van der Waals surface area contributed by atoms with Gasteiger partial charge in [-0.05, 0) is 76.0 Å². The molecule has 0 radical (unpaired) electrons. The zero-order valence-corrected chi connectivity index (χ0v) is 14.8. The molecule has 2 aliphatic rings. The molecule has 0 N–H and O–H groups in total. The van der Waals surface area contributed by atoms with E-state index < -0.39 is 0 Å². The van der Waals surface area contributed by atoms with E-state index in [1.165, 1.54) is 37.9 Å². The molecule has 2 heterocycles. The van der Waals surface area contributed by atoms with Gasteiger partial charge in [0.2, 0.25) is 0 Å². The van der Waals surface area contributed by atoms with Crippen LogP contribution in [0.25, 0.3) is 0 Å². The summed E-state index contributed by atoms with van der Waals surface area (Å²) in [5.74, 6) is 0.695. The molecule has 1 aromatic rings. The van der Waals surface area contributed by atoms with Crippen molar-refractivity contribution in [3.63, 3.8) is 0 Å². The second-order valence-electron chi connectivity index (χ2n) is 7.54. The van der Waals surface area contributed by atoms with Crippen LogP contribution in [-0.2, 0) is 6.54 Å². The number of hydrogen-bond acceptors (Lipinski definition) is 3. The van der Waals surface area contributed by atoms with Gasteiger partial charge >= 0.3 is 0 Å². The molecule has 0 aliphatic carbocycles. The molecule has 3 rings (SSSR count). The van der Waals surface area contributed by atoms with Gasteiger partial charge in [-0.25, -0.2) is 4.39 Å². The molecule has 1 atom stereocenters. The van der Waals surface area contributed by atoms with E-state index in [1.807, 2.05) is 6.07 Å². The highest BCUT2D eigenvalue weighted by Gasteiger charge is 2.22. The fourth-order valence-corrected chi connectivity index (χ4v) is 4.05. The van der Waals surface area contributed by atoms with Crippen molar-refractivity contribution in [2.24, 2.45) is 5.92 Å². The summed E-state index contributed by atoms with van der Waals surface area (Å²) in [4.78, 5) is 6.93. The van der Waals surface area contributed by atoms with Gasteiger partial charge in [0.15, 0.2) is 0 Å². The lowest BCUT2D eigenvalue weighted by molar-refractivity contribution is 0.266. The maximum atomic E-state index is 14.5. The van der Waals surface area contributed by atoms with Gasteiger partial charge in [-0.2, -0.15) is 0 Å². The van der Waals surface area contributed by atoms with Crippen molar-refractivity contribution in [1.29, 1.82) is 0 Å². The molecule has 0 aromatic heterocycles. The van der Waals surface area contributed by atoms with Gasteiger partial charge < -0.3 is 14.7 Å². The maximum absolute atomic E-state index is 14.5. The predicted molar refractivity (Wildman–Crippen MR) is 94.5 cm³/mol. The molecule has 4 heteroatoms. The molecule has 1 unspecified atom stereocenters. The van der Waals surface area contributed by atoms with Crippen molar-refractivity contribution < 1.29 is 4.39 Å². The second kappa shape index (κ2) is 7.18. The second-order valence-corrected chi connectivity index (χ2v) is 7.54. The van der Waals surface area contributed by atoms with E-state index in [9.17, 15) is 4.39 Å². The molecule has 3 nitrogen and oxygen atoms in total. The standard InChI is InChI=1S/C19H30FN3/c1-15-10-19(23-7-4-5-8-23)18(20)11-17(15)14-22(3)13-16-6-9-21(2)12-16/h10-11,16H,4-9,12-14H2,1-3H3. The van der Waals surface area contributed by atoms with Crippen molar-refractivity contribution in [1.82, 2.24) is 9.80 Å². The van der Waals surface area contributed by atoms with Crippen LogP contribution in [0.15, 0.2) is 12.1 Å². The average Bonchev–Trinajstić information content (AvgIpc) is 3.14. The molecular weight excluding hydrogens is 289 g/mol. The summed E-state index contributed by atoms with van der Waals surface area (Å²) in [7, 11) is 4.35. The van der Waals surface area contributed by atoms with E-state index in [4.69, 9.17) is 0 Å². The zero-order valence-electron chi connectivity index (χ0n) is 14.8. The summed E-state index contributed by atoms with van der Waals surface area (Å²) in [6, 6.07) is 3.81. The Morgan fingerprint density at radius 3 is 2.61 bits per heavy atom. The molecule has 2 aliphatic heterocycles. The Kier molecular flexibility index (Phi) is 5.22. The molecule has 0 amide bonds. The van der Waals surface area contributed by atoms with Gasteiger partial charge in [0, 0.05) is 32.7 Å². The van der Waals surface area contributed by atoms with Crippen molar-refractivity contribution in [3.8, 4) is 0 Å². The summed E-state index contributed by atoms with van der Waals surface area (Å²) in [6.07, 6.45) is 3.64. The predicted octanol–water partition coefficient (Wildman–Crippen LogP) is 3.12. The van der Waals surface area contributed by atoms with Crippen LogP contribution in [0.1, 0.15) is 30.4 Å².